The van der Waals surface area contributed by atoms with E-state index in [4.69, 9.17) is 0 Å². The highest BCUT2D eigenvalue weighted by atomic mass is 16.1. The van der Waals surface area contributed by atoms with Crippen LogP contribution in [0.5, 0.6) is 0 Å². The second-order valence-corrected chi connectivity index (χ2v) is 5.55. The van der Waals surface area contributed by atoms with Crippen LogP contribution in [-0.2, 0) is 13.5 Å². The molecule has 0 saturated heterocycles. The van der Waals surface area contributed by atoms with Crippen LogP contribution in [0.2, 0.25) is 0 Å². The van der Waals surface area contributed by atoms with Gasteiger partial charge in [0, 0.05) is 25.6 Å². The average molecular weight is 336 g/mol. The molecule has 0 fully saturated rings. The molecule has 4 aromatic heterocycles. The summed E-state index contributed by atoms with van der Waals surface area (Å²) in [4.78, 5) is 20.8. The van der Waals surface area contributed by atoms with Crippen molar-refractivity contribution in [3.05, 3.63) is 48.3 Å². The number of carbonyl (C=O) groups is 1. The van der Waals surface area contributed by atoms with Crippen molar-refractivity contribution in [3.63, 3.8) is 0 Å². The van der Waals surface area contributed by atoms with E-state index in [2.05, 4.69) is 30.6 Å². The van der Waals surface area contributed by atoms with Crippen LogP contribution in [0.4, 0.5) is 5.82 Å². The molecule has 4 heterocycles. The van der Waals surface area contributed by atoms with E-state index in [-0.39, 0.29) is 5.91 Å². The smallest absolute Gasteiger partial charge is 0.258 e. The Labute approximate surface area is 142 Å². The number of amides is 1. The van der Waals surface area contributed by atoms with Crippen LogP contribution in [0.1, 0.15) is 23.0 Å². The lowest BCUT2D eigenvalue weighted by atomic mass is 10.2. The molecular formula is C16H16N8O. The lowest BCUT2D eigenvalue weighted by molar-refractivity contribution is 0.102. The summed E-state index contributed by atoms with van der Waals surface area (Å²) in [5.74, 6) is 0.975. The Morgan fingerprint density at radius 3 is 2.92 bits per heavy atom. The van der Waals surface area contributed by atoms with E-state index in [1.165, 1.54) is 6.20 Å². The first-order valence-corrected chi connectivity index (χ1v) is 7.83. The Balaban J connectivity index is 1.60. The van der Waals surface area contributed by atoms with Gasteiger partial charge < -0.3 is 5.32 Å². The van der Waals surface area contributed by atoms with Crippen LogP contribution < -0.4 is 5.32 Å². The first-order valence-electron chi connectivity index (χ1n) is 7.83. The summed E-state index contributed by atoms with van der Waals surface area (Å²) in [6, 6.07) is 3.48. The summed E-state index contributed by atoms with van der Waals surface area (Å²) >= 11 is 0. The molecule has 2 N–H and O–H groups in total. The van der Waals surface area contributed by atoms with Crippen LogP contribution in [0.25, 0.3) is 16.9 Å². The van der Waals surface area contributed by atoms with Gasteiger partial charge in [-0.1, -0.05) is 6.92 Å². The van der Waals surface area contributed by atoms with Gasteiger partial charge in [-0.05, 0) is 18.6 Å². The molecule has 126 valence electrons. The number of hydrogen-bond acceptors (Lipinski definition) is 5. The van der Waals surface area contributed by atoms with E-state index in [1.807, 2.05) is 14.0 Å². The molecular weight excluding hydrogens is 320 g/mol. The highest BCUT2D eigenvalue weighted by Gasteiger charge is 2.17. The summed E-state index contributed by atoms with van der Waals surface area (Å²) in [5, 5.41) is 15.2. The van der Waals surface area contributed by atoms with Crippen LogP contribution in [0.3, 0.4) is 0 Å². The number of nitrogens with zero attached hydrogens (tertiary/aromatic N) is 6. The fourth-order valence-corrected chi connectivity index (χ4v) is 2.71. The predicted octanol–water partition coefficient (Wildman–Crippen LogP) is 1.69. The molecule has 0 bridgehead atoms. The minimum absolute atomic E-state index is 0.263. The maximum atomic E-state index is 12.5. The van der Waals surface area contributed by atoms with Crippen molar-refractivity contribution >= 4 is 22.8 Å². The monoisotopic (exact) mass is 336 g/mol. The van der Waals surface area contributed by atoms with Crippen molar-refractivity contribution in [2.75, 3.05) is 5.32 Å². The zero-order valence-corrected chi connectivity index (χ0v) is 13.8. The first kappa shape index (κ1) is 15.1. The number of hydrogen-bond donors (Lipinski definition) is 2. The molecule has 0 atom stereocenters. The topological polar surface area (TPSA) is 106 Å². The average Bonchev–Trinajstić information content (AvgIpc) is 3.35. The van der Waals surface area contributed by atoms with E-state index >= 15 is 0 Å². The van der Waals surface area contributed by atoms with Crippen molar-refractivity contribution in [2.45, 2.75) is 13.3 Å². The van der Waals surface area contributed by atoms with Gasteiger partial charge in [0.15, 0.2) is 5.65 Å². The summed E-state index contributed by atoms with van der Waals surface area (Å²) < 4.78 is 3.46. The SMILES string of the molecule is CCc1nn(C)c2n[nH]c(NC(=O)c3ccc(-n4ccnc4)nc3)c12. The van der Waals surface area contributed by atoms with Gasteiger partial charge in [0.25, 0.3) is 5.91 Å². The van der Waals surface area contributed by atoms with Gasteiger partial charge in [0.05, 0.1) is 16.6 Å². The molecule has 0 aliphatic heterocycles. The number of aromatic amines is 1. The minimum Gasteiger partial charge on any atom is -0.306 e. The lowest BCUT2D eigenvalue weighted by Crippen LogP contribution is -2.13. The number of anilines is 1. The van der Waals surface area contributed by atoms with Gasteiger partial charge in [-0.15, -0.1) is 0 Å². The number of pyridine rings is 1. The van der Waals surface area contributed by atoms with Crippen molar-refractivity contribution < 1.29 is 4.79 Å². The molecule has 9 nitrogen and oxygen atoms in total. The molecule has 0 unspecified atom stereocenters. The van der Waals surface area contributed by atoms with Crippen LogP contribution in [-0.4, -0.2) is 40.4 Å². The van der Waals surface area contributed by atoms with Crippen molar-refractivity contribution in [2.24, 2.45) is 7.05 Å². The fourth-order valence-electron chi connectivity index (χ4n) is 2.71. The number of nitrogens with one attached hydrogen (secondary N) is 2. The van der Waals surface area contributed by atoms with Gasteiger partial charge in [0.1, 0.15) is 18.0 Å². The molecule has 1 amide bonds. The lowest BCUT2D eigenvalue weighted by Gasteiger charge is -2.05. The third kappa shape index (κ3) is 2.55. The molecule has 9 heteroatoms. The summed E-state index contributed by atoms with van der Waals surface area (Å²) in [7, 11) is 1.83. The Morgan fingerprint density at radius 2 is 2.24 bits per heavy atom. The largest absolute Gasteiger partial charge is 0.306 e. The number of imidazole rings is 1. The highest BCUT2D eigenvalue weighted by Crippen LogP contribution is 2.24. The van der Waals surface area contributed by atoms with Crippen LogP contribution in [0.15, 0.2) is 37.1 Å². The Morgan fingerprint density at radius 1 is 1.36 bits per heavy atom. The molecule has 0 saturated carbocycles. The third-order valence-electron chi connectivity index (χ3n) is 3.97. The Kier molecular flexibility index (Phi) is 3.53. The van der Waals surface area contributed by atoms with Gasteiger partial charge in [-0.3, -0.25) is 14.5 Å². The van der Waals surface area contributed by atoms with E-state index in [0.717, 1.165) is 17.5 Å². The van der Waals surface area contributed by atoms with Crippen LogP contribution >= 0.6 is 0 Å². The maximum Gasteiger partial charge on any atom is 0.258 e. The molecule has 0 aromatic carbocycles. The fraction of sp³-hybridized carbons (Fsp3) is 0.188. The Hall–Kier alpha value is -3.49. The summed E-state index contributed by atoms with van der Waals surface area (Å²) in [6.45, 7) is 2.01. The van der Waals surface area contributed by atoms with Crippen molar-refractivity contribution in [3.8, 4) is 5.82 Å². The van der Waals surface area contributed by atoms with Gasteiger partial charge in [-0.2, -0.15) is 10.2 Å². The van der Waals surface area contributed by atoms with Crippen molar-refractivity contribution in [1.29, 1.82) is 0 Å². The van der Waals surface area contributed by atoms with Gasteiger partial charge >= 0.3 is 0 Å². The number of fused-ring (bicyclic) bond motifs is 1. The number of aromatic nitrogens is 7. The molecule has 4 rings (SSSR count). The zero-order valence-electron chi connectivity index (χ0n) is 13.8. The molecule has 25 heavy (non-hydrogen) atoms. The molecule has 0 aliphatic carbocycles. The van der Waals surface area contributed by atoms with Crippen molar-refractivity contribution in [1.82, 2.24) is 34.5 Å². The number of rotatable bonds is 4. The maximum absolute atomic E-state index is 12.5. The molecule has 0 radical (unpaired) electrons. The Bertz CT molecular complexity index is 1030. The highest BCUT2D eigenvalue weighted by molar-refractivity contribution is 6.07. The summed E-state index contributed by atoms with van der Waals surface area (Å²) in [6.07, 6.45) is 7.39. The standard InChI is InChI=1S/C16H16N8O/c1-3-11-13-14(20-21-15(13)23(2)22-11)19-16(25)10-4-5-12(18-8-10)24-7-6-17-9-24/h4-9H,3H2,1-2H3,(H2,19,20,21,25). The van der Waals surface area contributed by atoms with E-state index in [9.17, 15) is 4.79 Å². The minimum atomic E-state index is -0.263. The number of carbonyl (C=O) groups excluding carboxylic acids is 1. The van der Waals surface area contributed by atoms with Gasteiger partial charge in [-0.25, -0.2) is 14.6 Å². The second kappa shape index (κ2) is 5.86. The second-order valence-electron chi connectivity index (χ2n) is 5.55. The number of H-pyrrole nitrogens is 1. The summed E-state index contributed by atoms with van der Waals surface area (Å²) in [5.41, 5.74) is 2.05. The van der Waals surface area contributed by atoms with E-state index < -0.39 is 0 Å². The normalized spacial score (nSPS) is 11.1. The zero-order chi connectivity index (χ0) is 17.4. The predicted molar refractivity (Wildman–Crippen MR) is 91.5 cm³/mol. The van der Waals surface area contributed by atoms with Crippen LogP contribution in [0, 0.1) is 0 Å². The van der Waals surface area contributed by atoms with E-state index in [0.29, 0.717) is 22.8 Å². The first-order chi connectivity index (χ1) is 12.2. The van der Waals surface area contributed by atoms with Gasteiger partial charge in [0.2, 0.25) is 0 Å². The third-order valence-corrected chi connectivity index (χ3v) is 3.97. The molecule has 4 aromatic rings. The van der Waals surface area contributed by atoms with E-state index in [1.54, 1.807) is 40.1 Å². The molecule has 0 spiro atoms. The molecule has 0 aliphatic rings. The number of aryl methyl sites for hydroxylation is 2. The quantitative estimate of drug-likeness (QED) is 0.590.